The minimum Gasteiger partial charge on any atom is -0.387 e. The van der Waals surface area contributed by atoms with E-state index >= 15 is 0 Å². The third-order valence-electron chi connectivity index (χ3n) is 6.50. The van der Waals surface area contributed by atoms with Crippen molar-refractivity contribution in [1.82, 2.24) is 24.5 Å². The van der Waals surface area contributed by atoms with E-state index in [1.165, 1.54) is 24.8 Å². The first-order valence-electron chi connectivity index (χ1n) is 12.0. The van der Waals surface area contributed by atoms with Crippen LogP contribution in [-0.2, 0) is 22.6 Å². The first-order valence-corrected chi connectivity index (χ1v) is 12.0. The van der Waals surface area contributed by atoms with Crippen molar-refractivity contribution in [2.75, 3.05) is 18.6 Å². The number of nitrogens with zero attached hydrogens (tertiary/aromatic N) is 6. The Bertz CT molecular complexity index is 1400. The van der Waals surface area contributed by atoms with Gasteiger partial charge in [-0.1, -0.05) is 18.2 Å². The van der Waals surface area contributed by atoms with E-state index in [1.807, 2.05) is 44.0 Å². The number of halogens is 1. The molecule has 0 saturated carbocycles. The second-order valence-electron chi connectivity index (χ2n) is 9.27. The van der Waals surface area contributed by atoms with Gasteiger partial charge in [0.1, 0.15) is 30.5 Å². The summed E-state index contributed by atoms with van der Waals surface area (Å²) in [6, 6.07) is 10.2. The summed E-state index contributed by atoms with van der Waals surface area (Å²) in [5.41, 5.74) is 4.48. The van der Waals surface area contributed by atoms with Crippen molar-refractivity contribution in [2.45, 2.75) is 51.5 Å². The zero-order valence-corrected chi connectivity index (χ0v) is 20.8. The fourth-order valence-electron chi connectivity index (χ4n) is 4.54. The topological polar surface area (TPSA) is 119 Å². The van der Waals surface area contributed by atoms with Gasteiger partial charge in [0.2, 0.25) is 0 Å². The van der Waals surface area contributed by atoms with Crippen LogP contribution in [0.4, 0.5) is 10.2 Å². The Labute approximate surface area is 213 Å². The summed E-state index contributed by atoms with van der Waals surface area (Å²) in [4.78, 5) is 19.4. The zero-order chi connectivity index (χ0) is 26.1. The maximum absolute atomic E-state index is 13.6. The number of aromatic nitrogens is 5. The quantitative estimate of drug-likeness (QED) is 0.370. The Balaban J connectivity index is 1.30. The second kappa shape index (κ2) is 10.5. The molecular weight excluding hydrogens is 479 g/mol. The van der Waals surface area contributed by atoms with E-state index in [9.17, 15) is 14.6 Å². The molecule has 194 valence electrons. The monoisotopic (exact) mass is 508 g/mol. The highest BCUT2D eigenvalue weighted by atomic mass is 19.1. The number of anilines is 1. The molecule has 0 bridgehead atoms. The Morgan fingerprint density at radius 3 is 2.73 bits per heavy atom. The minimum absolute atomic E-state index is 0.0886. The number of fused-ring (bicyclic) bond motifs is 1. The van der Waals surface area contributed by atoms with Gasteiger partial charge in [0.15, 0.2) is 23.2 Å². The molecule has 11 heteroatoms. The van der Waals surface area contributed by atoms with Gasteiger partial charge < -0.3 is 24.6 Å². The standard InChI is InChI=1S/C26H29FN6O4/c1-15-7-8-18(16(2)31-15)11-36-12-20-22(34)23(35)26(37-20)33-14-30-21-24(28-13-29-25(21)33)32(3)10-17-5-4-6-19(27)9-17/h4-9,13-14,20,22-23,26,34-35H,10-12H2,1-3H3/t20?,22-,23-,26-/m1/s1. The van der Waals surface area contributed by atoms with Gasteiger partial charge in [-0.25, -0.2) is 19.3 Å². The van der Waals surface area contributed by atoms with E-state index < -0.39 is 24.5 Å². The summed E-state index contributed by atoms with van der Waals surface area (Å²) < 4.78 is 27.0. The highest BCUT2D eigenvalue weighted by molar-refractivity contribution is 5.83. The second-order valence-corrected chi connectivity index (χ2v) is 9.27. The van der Waals surface area contributed by atoms with Crippen LogP contribution in [0.1, 0.15) is 28.7 Å². The number of pyridine rings is 1. The van der Waals surface area contributed by atoms with Gasteiger partial charge in [0.25, 0.3) is 0 Å². The predicted octanol–water partition coefficient (Wildman–Crippen LogP) is 2.45. The Morgan fingerprint density at radius 2 is 1.95 bits per heavy atom. The zero-order valence-electron chi connectivity index (χ0n) is 20.8. The number of aliphatic hydroxyl groups is 2. The van der Waals surface area contributed by atoms with Gasteiger partial charge in [-0.2, -0.15) is 0 Å². The van der Waals surface area contributed by atoms with E-state index in [4.69, 9.17) is 9.47 Å². The van der Waals surface area contributed by atoms with Crippen LogP contribution in [0.5, 0.6) is 0 Å². The Morgan fingerprint density at radius 1 is 1.11 bits per heavy atom. The number of rotatable bonds is 8. The van der Waals surface area contributed by atoms with E-state index in [-0.39, 0.29) is 12.4 Å². The third kappa shape index (κ3) is 5.16. The van der Waals surface area contributed by atoms with Crippen LogP contribution in [0.3, 0.4) is 0 Å². The molecule has 2 N–H and O–H groups in total. The molecule has 4 aromatic rings. The summed E-state index contributed by atoms with van der Waals surface area (Å²) in [6.07, 6.45) is -1.12. The molecule has 10 nitrogen and oxygen atoms in total. The maximum Gasteiger partial charge on any atom is 0.167 e. The van der Waals surface area contributed by atoms with Crippen LogP contribution >= 0.6 is 0 Å². The lowest BCUT2D eigenvalue weighted by Crippen LogP contribution is -2.33. The average Bonchev–Trinajstić information content (AvgIpc) is 3.41. The molecule has 0 aliphatic carbocycles. The van der Waals surface area contributed by atoms with E-state index in [1.54, 1.807) is 10.6 Å². The van der Waals surface area contributed by atoms with Gasteiger partial charge in [-0.15, -0.1) is 0 Å². The lowest BCUT2D eigenvalue weighted by molar-refractivity contribution is -0.0683. The highest BCUT2D eigenvalue weighted by Gasteiger charge is 2.44. The maximum atomic E-state index is 13.6. The molecule has 1 aromatic carbocycles. The first kappa shape index (κ1) is 25.2. The summed E-state index contributed by atoms with van der Waals surface area (Å²) in [6.45, 7) is 4.66. The van der Waals surface area contributed by atoms with Crippen molar-refractivity contribution in [2.24, 2.45) is 0 Å². The predicted molar refractivity (Wildman–Crippen MR) is 133 cm³/mol. The van der Waals surface area contributed by atoms with Gasteiger partial charge >= 0.3 is 0 Å². The number of hydrogen-bond acceptors (Lipinski definition) is 9. The van der Waals surface area contributed by atoms with Crippen molar-refractivity contribution >= 4 is 17.0 Å². The lowest BCUT2D eigenvalue weighted by atomic mass is 10.1. The summed E-state index contributed by atoms with van der Waals surface area (Å²) >= 11 is 0. The molecule has 1 fully saturated rings. The molecule has 1 unspecified atom stereocenters. The third-order valence-corrected chi connectivity index (χ3v) is 6.50. The molecular formula is C26H29FN6O4. The molecule has 1 aliphatic rings. The van der Waals surface area contributed by atoms with Gasteiger partial charge in [0, 0.05) is 25.0 Å². The molecule has 37 heavy (non-hydrogen) atoms. The molecule has 0 amide bonds. The number of ether oxygens (including phenoxy) is 2. The molecule has 0 radical (unpaired) electrons. The number of hydrogen-bond donors (Lipinski definition) is 2. The normalized spacial score (nSPS) is 21.6. The van der Waals surface area contributed by atoms with Crippen molar-refractivity contribution in [3.63, 3.8) is 0 Å². The summed E-state index contributed by atoms with van der Waals surface area (Å²) in [7, 11) is 1.83. The molecule has 0 spiro atoms. The molecule has 3 aromatic heterocycles. The van der Waals surface area contributed by atoms with Crippen LogP contribution in [0.2, 0.25) is 0 Å². The summed E-state index contributed by atoms with van der Waals surface area (Å²) in [5, 5.41) is 21.4. The van der Waals surface area contributed by atoms with Crippen LogP contribution in [0.25, 0.3) is 11.2 Å². The van der Waals surface area contributed by atoms with Crippen LogP contribution in [-0.4, -0.2) is 66.7 Å². The van der Waals surface area contributed by atoms with Crippen molar-refractivity contribution in [3.05, 3.63) is 77.4 Å². The smallest absolute Gasteiger partial charge is 0.167 e. The van der Waals surface area contributed by atoms with E-state index in [0.29, 0.717) is 30.1 Å². The van der Waals surface area contributed by atoms with Gasteiger partial charge in [0.05, 0.1) is 19.5 Å². The van der Waals surface area contributed by atoms with Crippen molar-refractivity contribution in [3.8, 4) is 0 Å². The van der Waals surface area contributed by atoms with E-state index in [0.717, 1.165) is 22.5 Å². The number of aryl methyl sites for hydroxylation is 2. The fraction of sp³-hybridized carbons (Fsp3) is 0.385. The number of benzene rings is 1. The Hall–Kier alpha value is -3.51. The molecule has 1 aliphatic heterocycles. The average molecular weight is 509 g/mol. The number of imidazole rings is 1. The van der Waals surface area contributed by atoms with Gasteiger partial charge in [-0.05, 0) is 43.2 Å². The van der Waals surface area contributed by atoms with Crippen LogP contribution in [0, 0.1) is 19.7 Å². The van der Waals surface area contributed by atoms with Crippen LogP contribution < -0.4 is 4.90 Å². The fourth-order valence-corrected chi connectivity index (χ4v) is 4.54. The minimum atomic E-state index is -1.21. The first-order chi connectivity index (χ1) is 17.8. The summed E-state index contributed by atoms with van der Waals surface area (Å²) in [5.74, 6) is 0.237. The van der Waals surface area contributed by atoms with E-state index in [2.05, 4.69) is 19.9 Å². The largest absolute Gasteiger partial charge is 0.387 e. The van der Waals surface area contributed by atoms with Crippen molar-refractivity contribution < 1.29 is 24.1 Å². The Kier molecular flexibility index (Phi) is 7.11. The van der Waals surface area contributed by atoms with Gasteiger partial charge in [-0.3, -0.25) is 9.55 Å². The molecule has 4 heterocycles. The SMILES string of the molecule is Cc1ccc(COCC2O[C@@H](n3cnc4c(N(C)Cc5cccc(F)c5)ncnc43)[C@H](O)[C@@H]2O)c(C)n1. The molecule has 5 rings (SSSR count). The molecule has 4 atom stereocenters. The lowest BCUT2D eigenvalue weighted by Gasteiger charge is -2.19. The van der Waals surface area contributed by atoms with Crippen molar-refractivity contribution in [1.29, 1.82) is 0 Å². The number of aliphatic hydroxyl groups excluding tert-OH is 2. The van der Waals surface area contributed by atoms with Crippen LogP contribution in [0.15, 0.2) is 49.1 Å². The molecule has 1 saturated heterocycles. The highest BCUT2D eigenvalue weighted by Crippen LogP contribution is 2.33.